The molecule has 2 aliphatic carbocycles. The van der Waals surface area contributed by atoms with Gasteiger partial charge in [0.15, 0.2) is 0 Å². The smallest absolute Gasteiger partial charge is 0.222 e. The first kappa shape index (κ1) is 15.9. The first-order valence-electron chi connectivity index (χ1n) is 9.03. The Morgan fingerprint density at radius 1 is 0.950 bits per heavy atom. The normalized spacial score (nSPS) is 23.4. The summed E-state index contributed by atoms with van der Waals surface area (Å²) in [5.41, 5.74) is 0. The molecule has 2 heteroatoms. The molecule has 2 nitrogen and oxygen atoms in total. The van der Waals surface area contributed by atoms with Crippen LogP contribution in [0.15, 0.2) is 0 Å². The van der Waals surface area contributed by atoms with Gasteiger partial charge in [0.2, 0.25) is 5.91 Å². The van der Waals surface area contributed by atoms with E-state index in [1.165, 1.54) is 70.6 Å². The topological polar surface area (TPSA) is 29.1 Å². The SMILES string of the molecule is CC(CCC1CCCCC1)C(=O)NCC1CCCCC1. The molecule has 1 unspecified atom stereocenters. The fourth-order valence-electron chi connectivity index (χ4n) is 3.90. The number of carbonyl (C=O) groups excluding carboxylic acids is 1. The molecule has 116 valence electrons. The fourth-order valence-corrected chi connectivity index (χ4v) is 3.90. The molecule has 0 heterocycles. The fraction of sp³-hybridized carbons (Fsp3) is 0.944. The minimum Gasteiger partial charge on any atom is -0.356 e. The number of rotatable bonds is 6. The van der Waals surface area contributed by atoms with E-state index in [0.29, 0.717) is 5.91 Å². The third kappa shape index (κ3) is 5.46. The average molecular weight is 279 g/mol. The van der Waals surface area contributed by atoms with Crippen LogP contribution in [-0.4, -0.2) is 12.5 Å². The van der Waals surface area contributed by atoms with E-state index >= 15 is 0 Å². The van der Waals surface area contributed by atoms with Gasteiger partial charge in [0.05, 0.1) is 0 Å². The zero-order valence-electron chi connectivity index (χ0n) is 13.3. The highest BCUT2D eigenvalue weighted by Crippen LogP contribution is 2.28. The number of amides is 1. The maximum Gasteiger partial charge on any atom is 0.222 e. The van der Waals surface area contributed by atoms with Gasteiger partial charge in [0.25, 0.3) is 0 Å². The molecule has 0 aromatic rings. The molecule has 0 saturated heterocycles. The van der Waals surface area contributed by atoms with Gasteiger partial charge in [-0.05, 0) is 37.5 Å². The van der Waals surface area contributed by atoms with Gasteiger partial charge in [0.1, 0.15) is 0 Å². The Kier molecular flexibility index (Phi) is 6.89. The van der Waals surface area contributed by atoms with Crippen LogP contribution in [0.5, 0.6) is 0 Å². The largest absolute Gasteiger partial charge is 0.356 e. The first-order chi connectivity index (χ1) is 9.75. The van der Waals surface area contributed by atoms with Crippen molar-refractivity contribution >= 4 is 5.91 Å². The molecule has 1 N–H and O–H groups in total. The van der Waals surface area contributed by atoms with Gasteiger partial charge >= 0.3 is 0 Å². The molecule has 20 heavy (non-hydrogen) atoms. The highest BCUT2D eigenvalue weighted by atomic mass is 16.1. The Hall–Kier alpha value is -0.530. The molecule has 0 bridgehead atoms. The van der Waals surface area contributed by atoms with E-state index in [1.807, 2.05) is 0 Å². The summed E-state index contributed by atoms with van der Waals surface area (Å²) in [5, 5.41) is 3.20. The van der Waals surface area contributed by atoms with Gasteiger partial charge in [-0.25, -0.2) is 0 Å². The van der Waals surface area contributed by atoms with Crippen molar-refractivity contribution in [3.63, 3.8) is 0 Å². The minimum atomic E-state index is 0.209. The molecule has 0 aliphatic heterocycles. The summed E-state index contributed by atoms with van der Waals surface area (Å²) in [6, 6.07) is 0. The molecule has 0 aromatic heterocycles. The van der Waals surface area contributed by atoms with Crippen LogP contribution in [0.4, 0.5) is 0 Å². The second kappa shape index (κ2) is 8.69. The van der Waals surface area contributed by atoms with Crippen LogP contribution in [-0.2, 0) is 4.79 Å². The van der Waals surface area contributed by atoms with Crippen LogP contribution in [0.25, 0.3) is 0 Å². The molecule has 2 aliphatic rings. The predicted molar refractivity (Wildman–Crippen MR) is 84.6 cm³/mol. The van der Waals surface area contributed by atoms with E-state index in [4.69, 9.17) is 0 Å². The minimum absolute atomic E-state index is 0.209. The van der Waals surface area contributed by atoms with Crippen molar-refractivity contribution in [2.75, 3.05) is 6.54 Å². The zero-order chi connectivity index (χ0) is 14.2. The van der Waals surface area contributed by atoms with Gasteiger partial charge in [-0.1, -0.05) is 58.3 Å². The van der Waals surface area contributed by atoms with Crippen LogP contribution in [0.1, 0.15) is 84.0 Å². The summed E-state index contributed by atoms with van der Waals surface area (Å²) in [4.78, 5) is 12.1. The highest BCUT2D eigenvalue weighted by Gasteiger charge is 2.19. The van der Waals surface area contributed by atoms with Crippen molar-refractivity contribution in [1.82, 2.24) is 5.32 Å². The van der Waals surface area contributed by atoms with Crippen molar-refractivity contribution < 1.29 is 4.79 Å². The van der Waals surface area contributed by atoms with Crippen LogP contribution >= 0.6 is 0 Å². The van der Waals surface area contributed by atoms with Crippen molar-refractivity contribution in [3.8, 4) is 0 Å². The quantitative estimate of drug-likeness (QED) is 0.751. The van der Waals surface area contributed by atoms with Crippen LogP contribution < -0.4 is 5.32 Å². The van der Waals surface area contributed by atoms with E-state index in [2.05, 4.69) is 12.2 Å². The number of nitrogens with one attached hydrogen (secondary N) is 1. The molecule has 0 radical (unpaired) electrons. The Morgan fingerprint density at radius 2 is 1.50 bits per heavy atom. The van der Waals surface area contributed by atoms with Gasteiger partial charge in [-0.2, -0.15) is 0 Å². The van der Waals surface area contributed by atoms with Crippen molar-refractivity contribution in [2.24, 2.45) is 17.8 Å². The molecule has 1 amide bonds. The molecule has 1 atom stereocenters. The van der Waals surface area contributed by atoms with E-state index in [0.717, 1.165) is 24.8 Å². The third-order valence-corrected chi connectivity index (χ3v) is 5.47. The second-order valence-corrected chi connectivity index (χ2v) is 7.23. The van der Waals surface area contributed by atoms with E-state index in [-0.39, 0.29) is 5.92 Å². The molecule has 2 rings (SSSR count). The molecular formula is C18H33NO. The monoisotopic (exact) mass is 279 g/mol. The summed E-state index contributed by atoms with van der Waals surface area (Å²) in [6.07, 6.45) is 16.1. The lowest BCUT2D eigenvalue weighted by atomic mass is 9.84. The Labute approximate surface area is 125 Å². The lowest BCUT2D eigenvalue weighted by Gasteiger charge is -2.24. The van der Waals surface area contributed by atoms with Crippen LogP contribution in [0.3, 0.4) is 0 Å². The number of hydrogen-bond acceptors (Lipinski definition) is 1. The van der Waals surface area contributed by atoms with Gasteiger partial charge in [0, 0.05) is 12.5 Å². The summed E-state index contributed by atoms with van der Waals surface area (Å²) in [7, 11) is 0. The summed E-state index contributed by atoms with van der Waals surface area (Å²) < 4.78 is 0. The molecular weight excluding hydrogens is 246 g/mol. The first-order valence-corrected chi connectivity index (χ1v) is 9.03. The van der Waals surface area contributed by atoms with Crippen LogP contribution in [0.2, 0.25) is 0 Å². The second-order valence-electron chi connectivity index (χ2n) is 7.23. The predicted octanol–water partition coefficient (Wildman–Crippen LogP) is 4.68. The lowest BCUT2D eigenvalue weighted by molar-refractivity contribution is -0.125. The standard InChI is InChI=1S/C18H33NO/c1-15(12-13-16-8-4-2-5-9-16)18(20)19-14-17-10-6-3-7-11-17/h15-17H,2-14H2,1H3,(H,19,20). The summed E-state index contributed by atoms with van der Waals surface area (Å²) in [5.74, 6) is 2.16. The van der Waals surface area contributed by atoms with Crippen molar-refractivity contribution in [2.45, 2.75) is 84.0 Å². The molecule has 0 aromatic carbocycles. The van der Waals surface area contributed by atoms with Crippen molar-refractivity contribution in [3.05, 3.63) is 0 Å². The van der Waals surface area contributed by atoms with Crippen LogP contribution in [0, 0.1) is 17.8 Å². The van der Waals surface area contributed by atoms with E-state index in [1.54, 1.807) is 0 Å². The summed E-state index contributed by atoms with van der Waals surface area (Å²) in [6.45, 7) is 3.03. The summed E-state index contributed by atoms with van der Waals surface area (Å²) >= 11 is 0. The molecule has 2 saturated carbocycles. The van der Waals surface area contributed by atoms with E-state index in [9.17, 15) is 4.79 Å². The third-order valence-electron chi connectivity index (χ3n) is 5.47. The number of carbonyl (C=O) groups is 1. The molecule has 0 spiro atoms. The Bertz CT molecular complexity index is 277. The Morgan fingerprint density at radius 3 is 2.10 bits per heavy atom. The van der Waals surface area contributed by atoms with Gasteiger partial charge in [-0.15, -0.1) is 0 Å². The average Bonchev–Trinajstić information content (AvgIpc) is 2.52. The zero-order valence-corrected chi connectivity index (χ0v) is 13.3. The molecule has 2 fully saturated rings. The highest BCUT2D eigenvalue weighted by molar-refractivity contribution is 5.78. The Balaban J connectivity index is 1.58. The number of hydrogen-bond donors (Lipinski definition) is 1. The maximum absolute atomic E-state index is 12.1. The van der Waals surface area contributed by atoms with E-state index < -0.39 is 0 Å². The maximum atomic E-state index is 12.1. The van der Waals surface area contributed by atoms with Gasteiger partial charge < -0.3 is 5.32 Å². The lowest BCUT2D eigenvalue weighted by Crippen LogP contribution is -2.34. The van der Waals surface area contributed by atoms with Crippen molar-refractivity contribution in [1.29, 1.82) is 0 Å². The van der Waals surface area contributed by atoms with Gasteiger partial charge in [-0.3, -0.25) is 4.79 Å².